The van der Waals surface area contributed by atoms with Crippen molar-refractivity contribution in [2.75, 3.05) is 44.4 Å². The van der Waals surface area contributed by atoms with E-state index in [0.717, 1.165) is 29.5 Å². The van der Waals surface area contributed by atoms with Crippen LogP contribution < -0.4 is 15.4 Å². The van der Waals surface area contributed by atoms with Crippen LogP contribution in [0.3, 0.4) is 0 Å². The Morgan fingerprint density at radius 2 is 2.07 bits per heavy atom. The fourth-order valence-electron chi connectivity index (χ4n) is 5.92. The highest BCUT2D eigenvalue weighted by Gasteiger charge is 2.50. The molecule has 2 saturated heterocycles. The monoisotopic (exact) mass is 565 g/mol. The Morgan fingerprint density at radius 3 is 2.83 bits per heavy atom. The van der Waals surface area contributed by atoms with Crippen molar-refractivity contribution >= 4 is 34.1 Å². The van der Waals surface area contributed by atoms with Crippen LogP contribution in [-0.2, 0) is 11.8 Å². The van der Waals surface area contributed by atoms with Crippen LogP contribution in [0.5, 0.6) is 5.88 Å². The molecule has 3 N–H and O–H groups in total. The van der Waals surface area contributed by atoms with Crippen LogP contribution >= 0.6 is 0 Å². The number of nitrogens with one attached hydrogen (secondary N) is 3. The lowest BCUT2D eigenvalue weighted by molar-refractivity contribution is -0.121. The van der Waals surface area contributed by atoms with Gasteiger partial charge in [0.1, 0.15) is 5.69 Å². The van der Waals surface area contributed by atoms with Gasteiger partial charge < -0.3 is 25.3 Å². The Morgan fingerprint density at radius 1 is 1.24 bits per heavy atom. The number of aryl methyl sites for hydroxylation is 2. The summed E-state index contributed by atoms with van der Waals surface area (Å²) < 4.78 is 36.0. The van der Waals surface area contributed by atoms with E-state index >= 15 is 0 Å². The molecule has 6 rings (SSSR count). The van der Waals surface area contributed by atoms with Gasteiger partial charge in [-0.25, -0.2) is 18.7 Å². The van der Waals surface area contributed by atoms with E-state index in [1.54, 1.807) is 42.2 Å². The molecule has 2 atom stereocenters. The number of carbonyl (C=O) groups is 1. The highest BCUT2D eigenvalue weighted by atomic mass is 19.3. The average molecular weight is 566 g/mol. The molecule has 216 valence electrons. The van der Waals surface area contributed by atoms with Crippen molar-refractivity contribution in [3.63, 3.8) is 0 Å². The SMILES string of the molecule is COc1nn(C)cc1Nc1ncc(C)c(-c2c[nH]c3c(NC(=O)C4CC(F)(F)CN4C4CCN(C)C4)cccc23)n1. The number of anilines is 3. The molecule has 2 aliphatic heterocycles. The maximum absolute atomic E-state index is 14.5. The molecule has 4 aromatic rings. The van der Waals surface area contributed by atoms with E-state index in [9.17, 15) is 13.6 Å². The normalized spacial score (nSPS) is 21.0. The number of carbonyl (C=O) groups excluding carboxylic acids is 1. The molecule has 1 amide bonds. The number of rotatable bonds is 7. The largest absolute Gasteiger partial charge is 0.478 e. The molecule has 2 aliphatic rings. The lowest BCUT2D eigenvalue weighted by Crippen LogP contribution is -2.46. The summed E-state index contributed by atoms with van der Waals surface area (Å²) in [6.45, 7) is 3.04. The Balaban J connectivity index is 1.27. The minimum Gasteiger partial charge on any atom is -0.478 e. The number of alkyl halides is 2. The lowest BCUT2D eigenvalue weighted by Gasteiger charge is -2.29. The molecule has 0 spiro atoms. The number of fused-ring (bicyclic) bond motifs is 1. The average Bonchev–Trinajstić information content (AvgIpc) is 3.70. The first-order valence-corrected chi connectivity index (χ1v) is 13.5. The van der Waals surface area contributed by atoms with Gasteiger partial charge in [-0.15, -0.1) is 5.10 Å². The summed E-state index contributed by atoms with van der Waals surface area (Å²) in [5, 5.41) is 11.2. The maximum atomic E-state index is 14.5. The number of H-pyrrole nitrogens is 1. The number of methoxy groups -OCH3 is 1. The minimum absolute atomic E-state index is 0.0628. The zero-order valence-corrected chi connectivity index (χ0v) is 23.4. The van der Waals surface area contributed by atoms with E-state index in [4.69, 9.17) is 9.72 Å². The highest BCUT2D eigenvalue weighted by Crippen LogP contribution is 2.37. The van der Waals surface area contributed by atoms with Gasteiger partial charge in [0, 0.05) is 49.4 Å². The topological polar surface area (TPSA) is 116 Å². The predicted octanol–water partition coefficient (Wildman–Crippen LogP) is 3.77. The molecule has 11 nitrogen and oxygen atoms in total. The van der Waals surface area contributed by atoms with Gasteiger partial charge in [-0.3, -0.25) is 14.4 Å². The predicted molar refractivity (Wildman–Crippen MR) is 152 cm³/mol. The third-order valence-electron chi connectivity index (χ3n) is 7.88. The standard InChI is InChI=1S/C28H33F2N9O2/c1-16-11-32-27(34-21-14-38(3)36-26(21)41-4)35-23(16)19-12-31-24-18(19)6-5-7-20(24)33-25(40)22-10-28(29,30)15-39(22)17-8-9-37(2)13-17/h5-7,11-12,14,17,22,31H,8-10,13,15H2,1-4H3,(H,33,40)(H,32,34,35). The third-order valence-corrected chi connectivity index (χ3v) is 7.88. The van der Waals surface area contributed by atoms with Gasteiger partial charge in [-0.05, 0) is 38.6 Å². The minimum atomic E-state index is -2.90. The van der Waals surface area contributed by atoms with E-state index in [-0.39, 0.29) is 6.04 Å². The van der Waals surface area contributed by atoms with Crippen molar-refractivity contribution in [3.05, 3.63) is 42.4 Å². The second kappa shape index (κ2) is 10.4. The van der Waals surface area contributed by atoms with E-state index in [1.807, 2.05) is 32.3 Å². The molecule has 0 saturated carbocycles. The first kappa shape index (κ1) is 27.1. The number of likely N-dealkylation sites (tertiary alicyclic amines) is 2. The van der Waals surface area contributed by atoms with Gasteiger partial charge in [0.15, 0.2) is 0 Å². The van der Waals surface area contributed by atoms with E-state index < -0.39 is 30.8 Å². The molecule has 0 aliphatic carbocycles. The number of aromatic nitrogens is 5. The molecule has 2 fully saturated rings. The second-order valence-corrected chi connectivity index (χ2v) is 10.9. The number of para-hydroxylation sites is 1. The maximum Gasteiger partial charge on any atom is 0.262 e. The zero-order valence-electron chi connectivity index (χ0n) is 23.4. The molecule has 41 heavy (non-hydrogen) atoms. The van der Waals surface area contributed by atoms with Crippen LogP contribution in [0.25, 0.3) is 22.2 Å². The Bertz CT molecular complexity index is 1600. The summed E-state index contributed by atoms with van der Waals surface area (Å²) in [4.78, 5) is 29.7. The number of ether oxygens (including phenoxy) is 1. The number of hydrogen-bond acceptors (Lipinski definition) is 8. The van der Waals surface area contributed by atoms with Crippen LogP contribution in [-0.4, -0.2) is 92.2 Å². The molecule has 3 aromatic heterocycles. The van der Waals surface area contributed by atoms with Gasteiger partial charge in [0.05, 0.1) is 42.8 Å². The number of aromatic amines is 1. The first-order chi connectivity index (χ1) is 19.6. The van der Waals surface area contributed by atoms with Gasteiger partial charge in [0.25, 0.3) is 11.8 Å². The van der Waals surface area contributed by atoms with Crippen molar-refractivity contribution < 1.29 is 18.3 Å². The van der Waals surface area contributed by atoms with Crippen LogP contribution in [0.15, 0.2) is 36.8 Å². The molecule has 1 aromatic carbocycles. The van der Waals surface area contributed by atoms with Crippen LogP contribution in [0.1, 0.15) is 18.4 Å². The summed E-state index contributed by atoms with van der Waals surface area (Å²) in [5.41, 5.74) is 4.22. The molecular formula is C28H33F2N9O2. The van der Waals surface area contributed by atoms with Gasteiger partial charge in [-0.1, -0.05) is 12.1 Å². The summed E-state index contributed by atoms with van der Waals surface area (Å²) in [6.07, 6.45) is 5.62. The molecule has 13 heteroatoms. The van der Waals surface area contributed by atoms with Crippen LogP contribution in [0, 0.1) is 6.92 Å². The fraction of sp³-hybridized carbons (Fsp3) is 0.429. The summed E-state index contributed by atoms with van der Waals surface area (Å²) in [5.74, 6) is -2.53. The Hall–Kier alpha value is -4.10. The number of likely N-dealkylation sites (N-methyl/N-ethyl adjacent to an activating group) is 1. The number of amides is 1. The van der Waals surface area contributed by atoms with Crippen molar-refractivity contribution in [1.29, 1.82) is 0 Å². The van der Waals surface area contributed by atoms with Crippen LogP contribution in [0.2, 0.25) is 0 Å². The molecular weight excluding hydrogens is 532 g/mol. The Labute approximate surface area is 235 Å². The first-order valence-electron chi connectivity index (χ1n) is 13.5. The molecule has 2 unspecified atom stereocenters. The van der Waals surface area contributed by atoms with E-state index in [0.29, 0.717) is 41.0 Å². The van der Waals surface area contributed by atoms with Gasteiger partial charge in [-0.2, -0.15) is 0 Å². The quantitative estimate of drug-likeness (QED) is 0.310. The van der Waals surface area contributed by atoms with Crippen molar-refractivity contribution in [1.82, 2.24) is 34.5 Å². The smallest absolute Gasteiger partial charge is 0.262 e. The van der Waals surface area contributed by atoms with Crippen molar-refractivity contribution in [2.24, 2.45) is 7.05 Å². The number of halogens is 2. The van der Waals surface area contributed by atoms with Crippen molar-refractivity contribution in [3.8, 4) is 17.1 Å². The van der Waals surface area contributed by atoms with Gasteiger partial charge in [0.2, 0.25) is 11.9 Å². The highest BCUT2D eigenvalue weighted by molar-refractivity contribution is 6.06. The zero-order chi connectivity index (χ0) is 28.9. The molecule has 5 heterocycles. The number of hydrogen-bond donors (Lipinski definition) is 3. The summed E-state index contributed by atoms with van der Waals surface area (Å²) in [7, 11) is 5.31. The third kappa shape index (κ3) is 5.22. The number of nitrogens with zero attached hydrogens (tertiary/aromatic N) is 6. The van der Waals surface area contributed by atoms with Crippen molar-refractivity contribution in [2.45, 2.75) is 37.8 Å². The Kier molecular flexibility index (Phi) is 6.86. The number of benzene rings is 1. The van der Waals surface area contributed by atoms with E-state index in [2.05, 4.69) is 30.6 Å². The van der Waals surface area contributed by atoms with Crippen LogP contribution in [0.4, 0.5) is 26.1 Å². The summed E-state index contributed by atoms with van der Waals surface area (Å²) >= 11 is 0. The second-order valence-electron chi connectivity index (χ2n) is 10.9. The molecule has 0 radical (unpaired) electrons. The van der Waals surface area contributed by atoms with E-state index in [1.165, 1.54) is 0 Å². The molecule has 0 bridgehead atoms. The fourth-order valence-corrected chi connectivity index (χ4v) is 5.92. The van der Waals surface area contributed by atoms with Gasteiger partial charge >= 0.3 is 0 Å². The lowest BCUT2D eigenvalue weighted by atomic mass is 10.1. The summed E-state index contributed by atoms with van der Waals surface area (Å²) in [6, 6.07) is 4.58.